The summed E-state index contributed by atoms with van der Waals surface area (Å²) in [5, 5.41) is 0. The lowest BCUT2D eigenvalue weighted by Crippen LogP contribution is -2.07. The van der Waals surface area contributed by atoms with Crippen LogP contribution in [-0.4, -0.2) is 18.2 Å². The minimum Gasteiger partial charge on any atom is -0.337 e. The molecular formula is C8H14N2. The summed E-state index contributed by atoms with van der Waals surface area (Å²) in [6, 6.07) is 0. The normalized spacial score (nSPS) is 12.1. The van der Waals surface area contributed by atoms with Crippen molar-refractivity contribution in [3.8, 4) is 0 Å². The third-order valence-corrected chi connectivity index (χ3v) is 1.15. The smallest absolute Gasteiger partial charge is 0.127 e. The van der Waals surface area contributed by atoms with Gasteiger partial charge in [-0.1, -0.05) is 6.58 Å². The summed E-state index contributed by atoms with van der Waals surface area (Å²) < 4.78 is 0. The van der Waals surface area contributed by atoms with Crippen molar-refractivity contribution >= 4 is 6.21 Å². The van der Waals surface area contributed by atoms with Crippen LogP contribution in [0.4, 0.5) is 0 Å². The molecule has 2 heteroatoms. The van der Waals surface area contributed by atoms with Gasteiger partial charge in [0, 0.05) is 13.3 Å². The Labute approximate surface area is 62.6 Å². The van der Waals surface area contributed by atoms with Crippen LogP contribution < -0.4 is 0 Å². The Morgan fingerprint density at radius 1 is 1.50 bits per heavy atom. The highest BCUT2D eigenvalue weighted by molar-refractivity contribution is 5.55. The molecule has 56 valence electrons. The lowest BCUT2D eigenvalue weighted by Gasteiger charge is -2.12. The maximum Gasteiger partial charge on any atom is 0.127 e. The van der Waals surface area contributed by atoms with Crippen LogP contribution in [0.3, 0.4) is 0 Å². The Hall–Kier alpha value is -1.05. The summed E-state index contributed by atoms with van der Waals surface area (Å²) in [5.74, 6) is 0.914. The van der Waals surface area contributed by atoms with Crippen molar-refractivity contribution in [3.63, 3.8) is 0 Å². The summed E-state index contributed by atoms with van der Waals surface area (Å²) >= 11 is 0. The number of nitrogens with zero attached hydrogens (tertiary/aromatic N) is 2. The number of allylic oxidation sites excluding steroid dienone is 1. The van der Waals surface area contributed by atoms with Gasteiger partial charge in [-0.3, -0.25) is 0 Å². The van der Waals surface area contributed by atoms with Crippen LogP contribution in [0.15, 0.2) is 29.7 Å². The Balaban J connectivity index is 4.21. The van der Waals surface area contributed by atoms with E-state index in [0.29, 0.717) is 0 Å². The van der Waals surface area contributed by atoms with Gasteiger partial charge in [0.05, 0.1) is 0 Å². The minimum atomic E-state index is 0.914. The first-order valence-corrected chi connectivity index (χ1v) is 3.26. The van der Waals surface area contributed by atoms with Crippen LogP contribution in [-0.2, 0) is 0 Å². The lowest BCUT2D eigenvalue weighted by atomic mass is 10.5. The molecule has 0 radical (unpaired) electrons. The van der Waals surface area contributed by atoms with Crippen molar-refractivity contribution in [2.75, 3.05) is 7.05 Å². The molecule has 0 rings (SSSR count). The Kier molecular flexibility index (Phi) is 4.29. The molecule has 2 nitrogen and oxygen atoms in total. The van der Waals surface area contributed by atoms with E-state index in [0.717, 1.165) is 5.82 Å². The fraction of sp³-hybridized carbons (Fsp3) is 0.375. The minimum absolute atomic E-state index is 0.914. The van der Waals surface area contributed by atoms with Gasteiger partial charge in [-0.25, -0.2) is 4.99 Å². The first-order valence-electron chi connectivity index (χ1n) is 3.26. The topological polar surface area (TPSA) is 15.6 Å². The molecule has 0 aromatic carbocycles. The van der Waals surface area contributed by atoms with Gasteiger partial charge >= 0.3 is 0 Å². The van der Waals surface area contributed by atoms with Crippen molar-refractivity contribution in [2.24, 2.45) is 4.99 Å². The van der Waals surface area contributed by atoms with Crippen LogP contribution in [0.1, 0.15) is 13.8 Å². The van der Waals surface area contributed by atoms with Crippen molar-refractivity contribution in [1.29, 1.82) is 0 Å². The third kappa shape index (κ3) is 2.49. The van der Waals surface area contributed by atoms with E-state index < -0.39 is 0 Å². The quantitative estimate of drug-likeness (QED) is 0.545. The van der Waals surface area contributed by atoms with Gasteiger partial charge in [0.25, 0.3) is 0 Å². The lowest BCUT2D eigenvalue weighted by molar-refractivity contribution is 0.563. The zero-order valence-electron chi connectivity index (χ0n) is 6.83. The van der Waals surface area contributed by atoms with Gasteiger partial charge in [0.15, 0.2) is 0 Å². The van der Waals surface area contributed by atoms with E-state index in [1.165, 1.54) is 0 Å². The van der Waals surface area contributed by atoms with Gasteiger partial charge in [-0.15, -0.1) is 0 Å². The number of rotatable bonds is 3. The first-order chi connectivity index (χ1) is 4.76. The van der Waals surface area contributed by atoms with Crippen molar-refractivity contribution in [3.05, 3.63) is 24.7 Å². The largest absolute Gasteiger partial charge is 0.337 e. The number of hydrogen-bond acceptors (Lipinski definition) is 2. The second kappa shape index (κ2) is 4.79. The van der Waals surface area contributed by atoms with Crippen LogP contribution in [0, 0.1) is 0 Å². The molecule has 10 heavy (non-hydrogen) atoms. The van der Waals surface area contributed by atoms with E-state index in [4.69, 9.17) is 0 Å². The van der Waals surface area contributed by atoms with Gasteiger partial charge in [0.1, 0.15) is 5.82 Å². The second-order valence-electron chi connectivity index (χ2n) is 1.83. The summed E-state index contributed by atoms with van der Waals surface area (Å²) in [7, 11) is 1.91. The fourth-order valence-electron chi connectivity index (χ4n) is 0.595. The zero-order valence-corrected chi connectivity index (χ0v) is 6.83. The van der Waals surface area contributed by atoms with Gasteiger partial charge in [0.2, 0.25) is 0 Å². The summed E-state index contributed by atoms with van der Waals surface area (Å²) in [4.78, 5) is 5.97. The SMILES string of the molecule is C=CN(C)C(=C/C)/N=C\C. The number of hydrogen-bond donors (Lipinski definition) is 0. The molecule has 0 heterocycles. The highest BCUT2D eigenvalue weighted by Gasteiger charge is 1.92. The molecule has 0 spiro atoms. The summed E-state index contributed by atoms with van der Waals surface area (Å²) in [5.41, 5.74) is 0. The maximum absolute atomic E-state index is 4.10. The molecule has 0 aliphatic heterocycles. The van der Waals surface area contributed by atoms with Crippen molar-refractivity contribution in [2.45, 2.75) is 13.8 Å². The maximum atomic E-state index is 4.10. The standard InChI is InChI=1S/C8H14N2/c1-5-8(9-6-2)10(4)7-3/h5-7H,3H2,1-2,4H3/b8-5+,9-6-. The molecule has 0 N–H and O–H groups in total. The van der Waals surface area contributed by atoms with Crippen LogP contribution >= 0.6 is 0 Å². The van der Waals surface area contributed by atoms with E-state index in [2.05, 4.69) is 11.6 Å². The van der Waals surface area contributed by atoms with Gasteiger partial charge in [-0.05, 0) is 26.1 Å². The molecular weight excluding hydrogens is 124 g/mol. The molecule has 0 amide bonds. The van der Waals surface area contributed by atoms with Crippen LogP contribution in [0.5, 0.6) is 0 Å². The highest BCUT2D eigenvalue weighted by Crippen LogP contribution is 2.01. The van der Waals surface area contributed by atoms with Gasteiger partial charge in [-0.2, -0.15) is 0 Å². The molecule has 0 saturated carbocycles. The van der Waals surface area contributed by atoms with E-state index in [1.807, 2.05) is 31.9 Å². The number of aliphatic imine (C=N–C) groups is 1. The van der Waals surface area contributed by atoms with E-state index in [1.54, 1.807) is 12.4 Å². The first kappa shape index (κ1) is 8.95. The molecule has 0 fully saturated rings. The van der Waals surface area contributed by atoms with Crippen molar-refractivity contribution < 1.29 is 0 Å². The average molecular weight is 138 g/mol. The van der Waals surface area contributed by atoms with Crippen LogP contribution in [0.2, 0.25) is 0 Å². The Morgan fingerprint density at radius 3 is 2.40 bits per heavy atom. The summed E-state index contributed by atoms with van der Waals surface area (Å²) in [6.07, 6.45) is 5.42. The predicted molar refractivity (Wildman–Crippen MR) is 45.9 cm³/mol. The van der Waals surface area contributed by atoms with Crippen molar-refractivity contribution in [1.82, 2.24) is 4.90 Å². The zero-order chi connectivity index (χ0) is 7.98. The average Bonchev–Trinajstić information content (AvgIpc) is 1.99. The highest BCUT2D eigenvalue weighted by atomic mass is 15.2. The monoisotopic (exact) mass is 138 g/mol. The Morgan fingerprint density at radius 2 is 2.10 bits per heavy atom. The molecule has 0 atom stereocenters. The molecule has 0 unspecified atom stereocenters. The Bertz CT molecular complexity index is 157. The third-order valence-electron chi connectivity index (χ3n) is 1.15. The molecule has 0 aromatic heterocycles. The van der Waals surface area contributed by atoms with E-state index in [-0.39, 0.29) is 0 Å². The molecule has 0 saturated heterocycles. The summed E-state index contributed by atoms with van der Waals surface area (Å²) in [6.45, 7) is 7.46. The second-order valence-corrected chi connectivity index (χ2v) is 1.83. The van der Waals surface area contributed by atoms with Gasteiger partial charge < -0.3 is 4.90 Å². The van der Waals surface area contributed by atoms with Crippen LogP contribution in [0.25, 0.3) is 0 Å². The molecule has 0 bridgehead atoms. The predicted octanol–water partition coefficient (Wildman–Crippen LogP) is 2.01. The van der Waals surface area contributed by atoms with E-state index >= 15 is 0 Å². The molecule has 0 aliphatic carbocycles. The molecule has 0 aromatic rings. The fourth-order valence-corrected chi connectivity index (χ4v) is 0.595. The van der Waals surface area contributed by atoms with E-state index in [9.17, 15) is 0 Å². The molecule has 0 aliphatic rings.